The van der Waals surface area contributed by atoms with Crippen LogP contribution >= 0.6 is 0 Å². The lowest BCUT2D eigenvalue weighted by Gasteiger charge is -2.36. The van der Waals surface area contributed by atoms with Crippen LogP contribution in [0.1, 0.15) is 30.3 Å². The normalized spacial score (nSPS) is 16.1. The van der Waals surface area contributed by atoms with Gasteiger partial charge in [-0.1, -0.05) is 0 Å². The van der Waals surface area contributed by atoms with Gasteiger partial charge in [-0.15, -0.1) is 0 Å². The minimum atomic E-state index is -2.93. The van der Waals surface area contributed by atoms with Crippen molar-refractivity contribution in [2.24, 2.45) is 13.0 Å². The van der Waals surface area contributed by atoms with Crippen LogP contribution < -0.4 is 9.64 Å². The number of anilines is 1. The third kappa shape index (κ3) is 3.78. The second kappa shape index (κ2) is 8.24. The maximum atomic E-state index is 12.7. The van der Waals surface area contributed by atoms with Crippen LogP contribution in [0.2, 0.25) is 0 Å². The number of rotatable bonds is 5. The molecule has 1 N–H and O–H groups in total. The number of hydrogen-bond acceptors (Lipinski definition) is 6. The van der Waals surface area contributed by atoms with Crippen molar-refractivity contribution in [3.63, 3.8) is 0 Å². The molecular weight excluding hydrogens is 392 g/mol. The fourth-order valence-electron chi connectivity index (χ4n) is 4.07. The number of nitrogens with zero attached hydrogens (tertiary/aromatic N) is 5. The third-order valence-corrected chi connectivity index (χ3v) is 5.58. The lowest BCUT2D eigenvalue weighted by molar-refractivity contribution is -0.0497. The Kier molecular flexibility index (Phi) is 5.50. The molecule has 30 heavy (non-hydrogen) atoms. The van der Waals surface area contributed by atoms with Gasteiger partial charge in [0.15, 0.2) is 0 Å². The standard InChI is InChI=1S/C21H21F2N5O2/c1-27-9-6-25-20(27)19(29)13-4-7-28(8-5-13)18-14(11-24)12-26-17-3-2-15(10-16(17)18)30-21(22)23/h2-3,6,9-10,12-13,19,21,29H,4-5,7-8H2,1H3. The maximum absolute atomic E-state index is 12.7. The van der Waals surface area contributed by atoms with Gasteiger partial charge < -0.3 is 19.3 Å². The van der Waals surface area contributed by atoms with Crippen LogP contribution in [0.4, 0.5) is 14.5 Å². The van der Waals surface area contributed by atoms with Crippen LogP contribution in [0, 0.1) is 17.2 Å². The van der Waals surface area contributed by atoms with Gasteiger partial charge in [0, 0.05) is 44.1 Å². The van der Waals surface area contributed by atoms with Crippen LogP contribution in [0.25, 0.3) is 10.9 Å². The highest BCUT2D eigenvalue weighted by Crippen LogP contribution is 2.37. The second-order valence-corrected chi connectivity index (χ2v) is 7.36. The van der Waals surface area contributed by atoms with E-state index in [1.165, 1.54) is 18.3 Å². The van der Waals surface area contributed by atoms with Gasteiger partial charge in [-0.05, 0) is 37.0 Å². The topological polar surface area (TPSA) is 87.2 Å². The highest BCUT2D eigenvalue weighted by molar-refractivity contribution is 5.95. The van der Waals surface area contributed by atoms with Crippen LogP contribution in [-0.2, 0) is 7.05 Å². The van der Waals surface area contributed by atoms with Gasteiger partial charge in [-0.25, -0.2) is 4.98 Å². The van der Waals surface area contributed by atoms with Crippen molar-refractivity contribution in [3.05, 3.63) is 48.2 Å². The molecule has 1 saturated heterocycles. The van der Waals surface area contributed by atoms with Gasteiger partial charge in [0.05, 0.1) is 16.8 Å². The molecule has 1 aliphatic heterocycles. The first-order valence-corrected chi connectivity index (χ1v) is 9.66. The van der Waals surface area contributed by atoms with E-state index in [4.69, 9.17) is 0 Å². The highest BCUT2D eigenvalue weighted by atomic mass is 19.3. The van der Waals surface area contributed by atoms with E-state index in [-0.39, 0.29) is 11.7 Å². The van der Waals surface area contributed by atoms with Gasteiger partial charge >= 0.3 is 6.61 Å². The van der Waals surface area contributed by atoms with E-state index < -0.39 is 12.7 Å². The molecule has 1 atom stereocenters. The number of fused-ring (bicyclic) bond motifs is 1. The van der Waals surface area contributed by atoms with Crippen molar-refractivity contribution in [1.82, 2.24) is 14.5 Å². The molecule has 0 saturated carbocycles. The average Bonchev–Trinajstić information content (AvgIpc) is 3.18. The molecule has 9 heteroatoms. The summed E-state index contributed by atoms with van der Waals surface area (Å²) in [7, 11) is 1.85. The van der Waals surface area contributed by atoms with Gasteiger partial charge in [0.2, 0.25) is 0 Å². The lowest BCUT2D eigenvalue weighted by atomic mass is 9.90. The number of ether oxygens (including phenoxy) is 1. The molecule has 0 spiro atoms. The van der Waals surface area contributed by atoms with Gasteiger partial charge in [0.1, 0.15) is 23.7 Å². The molecule has 1 fully saturated rings. The molecule has 4 rings (SSSR count). The molecule has 1 aromatic carbocycles. The predicted octanol–water partition coefficient (Wildman–Crippen LogP) is 3.39. The van der Waals surface area contributed by atoms with E-state index in [1.54, 1.807) is 18.5 Å². The maximum Gasteiger partial charge on any atom is 0.387 e. The Morgan fingerprint density at radius 3 is 2.67 bits per heavy atom. The fourth-order valence-corrected chi connectivity index (χ4v) is 4.07. The molecular formula is C21H21F2N5O2. The van der Waals surface area contributed by atoms with Gasteiger partial charge in [-0.2, -0.15) is 14.0 Å². The molecule has 0 bridgehead atoms. The minimum absolute atomic E-state index is 0.0238. The molecule has 0 aliphatic carbocycles. The van der Waals surface area contributed by atoms with E-state index in [9.17, 15) is 19.1 Å². The number of nitriles is 1. The van der Waals surface area contributed by atoms with E-state index in [2.05, 4.69) is 25.7 Å². The summed E-state index contributed by atoms with van der Waals surface area (Å²) in [5.41, 5.74) is 1.63. The first-order chi connectivity index (χ1) is 14.5. The summed E-state index contributed by atoms with van der Waals surface area (Å²) in [5.74, 6) is 0.698. The molecule has 2 aromatic heterocycles. The Hall–Kier alpha value is -3.25. The molecule has 156 valence electrons. The number of imidazole rings is 1. The number of piperidine rings is 1. The van der Waals surface area contributed by atoms with Crippen LogP contribution in [0.15, 0.2) is 36.8 Å². The first kappa shape index (κ1) is 20.0. The number of aliphatic hydroxyl groups excluding tert-OH is 1. The van der Waals surface area contributed by atoms with Crippen molar-refractivity contribution in [2.75, 3.05) is 18.0 Å². The molecule has 7 nitrogen and oxygen atoms in total. The Morgan fingerprint density at radius 2 is 2.03 bits per heavy atom. The summed E-state index contributed by atoms with van der Waals surface area (Å²) in [6, 6.07) is 6.70. The monoisotopic (exact) mass is 413 g/mol. The van der Waals surface area contributed by atoms with E-state index >= 15 is 0 Å². The number of alkyl halides is 2. The van der Waals surface area contributed by atoms with E-state index in [1.807, 2.05) is 11.6 Å². The number of halogens is 2. The smallest absolute Gasteiger partial charge is 0.387 e. The average molecular weight is 413 g/mol. The number of aromatic nitrogens is 3. The molecule has 0 amide bonds. The van der Waals surface area contributed by atoms with Crippen molar-refractivity contribution in [1.29, 1.82) is 5.26 Å². The number of benzene rings is 1. The Balaban J connectivity index is 1.61. The Labute approximate surface area is 172 Å². The summed E-state index contributed by atoms with van der Waals surface area (Å²) >= 11 is 0. The molecule has 3 heterocycles. The third-order valence-electron chi connectivity index (χ3n) is 5.58. The quantitative estimate of drug-likeness (QED) is 0.690. The van der Waals surface area contributed by atoms with Crippen molar-refractivity contribution >= 4 is 16.6 Å². The zero-order chi connectivity index (χ0) is 21.3. The summed E-state index contributed by atoms with van der Waals surface area (Å²) in [6.45, 7) is -1.71. The lowest BCUT2D eigenvalue weighted by Crippen LogP contribution is -2.36. The first-order valence-electron chi connectivity index (χ1n) is 9.66. The number of aliphatic hydroxyl groups is 1. The summed E-state index contributed by atoms with van der Waals surface area (Å²) < 4.78 is 31.7. The fraction of sp³-hybridized carbons (Fsp3) is 0.381. The molecule has 1 aliphatic rings. The van der Waals surface area contributed by atoms with Crippen molar-refractivity contribution < 1.29 is 18.6 Å². The number of aryl methyl sites for hydroxylation is 1. The summed E-state index contributed by atoms with van der Waals surface area (Å²) in [6.07, 6.45) is 5.71. The predicted molar refractivity (Wildman–Crippen MR) is 106 cm³/mol. The Bertz CT molecular complexity index is 1090. The molecule has 1 unspecified atom stereocenters. The van der Waals surface area contributed by atoms with Gasteiger partial charge in [-0.3, -0.25) is 4.98 Å². The number of hydrogen-bond donors (Lipinski definition) is 1. The van der Waals surface area contributed by atoms with E-state index in [0.29, 0.717) is 53.9 Å². The minimum Gasteiger partial charge on any atom is -0.435 e. The molecule has 3 aromatic rings. The van der Waals surface area contributed by atoms with Crippen LogP contribution in [-0.4, -0.2) is 39.3 Å². The molecule has 0 radical (unpaired) electrons. The zero-order valence-corrected chi connectivity index (χ0v) is 16.4. The van der Waals surface area contributed by atoms with E-state index in [0.717, 1.165) is 0 Å². The second-order valence-electron chi connectivity index (χ2n) is 7.36. The van der Waals surface area contributed by atoms with Crippen molar-refractivity contribution in [2.45, 2.75) is 25.6 Å². The zero-order valence-electron chi connectivity index (χ0n) is 16.4. The SMILES string of the molecule is Cn1ccnc1C(O)C1CCN(c2c(C#N)cnc3ccc(OC(F)F)cc23)CC1. The number of pyridine rings is 1. The van der Waals surface area contributed by atoms with Crippen LogP contribution in [0.3, 0.4) is 0 Å². The van der Waals surface area contributed by atoms with Crippen LogP contribution in [0.5, 0.6) is 5.75 Å². The summed E-state index contributed by atoms with van der Waals surface area (Å²) in [5, 5.41) is 20.9. The Morgan fingerprint density at radius 1 is 1.27 bits per heavy atom. The van der Waals surface area contributed by atoms with Gasteiger partial charge in [0.25, 0.3) is 0 Å². The highest BCUT2D eigenvalue weighted by Gasteiger charge is 2.30. The summed E-state index contributed by atoms with van der Waals surface area (Å²) in [4.78, 5) is 10.6. The van der Waals surface area contributed by atoms with Crippen molar-refractivity contribution in [3.8, 4) is 11.8 Å². The largest absolute Gasteiger partial charge is 0.435 e.